The minimum Gasteiger partial charge on any atom is -0.478 e. The minimum atomic E-state index is -0.974. The number of benzene rings is 2. The first-order chi connectivity index (χ1) is 14.9. The van der Waals surface area contributed by atoms with Crippen molar-refractivity contribution in [1.82, 2.24) is 0 Å². The lowest BCUT2D eigenvalue weighted by atomic mass is 9.91. The number of anilines is 1. The van der Waals surface area contributed by atoms with Crippen LogP contribution in [-0.4, -0.2) is 16.8 Å². The van der Waals surface area contributed by atoms with Crippen molar-refractivity contribution in [3.05, 3.63) is 77.0 Å². The second-order valence-corrected chi connectivity index (χ2v) is 8.05. The van der Waals surface area contributed by atoms with Gasteiger partial charge < -0.3 is 10.4 Å². The topological polar surface area (TPSA) is 73.1 Å². The second kappa shape index (κ2) is 12.0. The van der Waals surface area contributed by atoms with Gasteiger partial charge >= 0.3 is 5.97 Å². The molecular weight excluding hydrogens is 404 g/mol. The van der Waals surface area contributed by atoms with E-state index < -0.39 is 5.97 Å². The molecule has 0 fully saturated rings. The zero-order valence-corrected chi connectivity index (χ0v) is 19.2. The number of hydrogen-bond donors (Lipinski definition) is 3. The zero-order valence-electron chi connectivity index (χ0n) is 18.4. The van der Waals surface area contributed by atoms with Gasteiger partial charge in [0.2, 0.25) is 0 Å². The molecule has 31 heavy (non-hydrogen) atoms. The van der Waals surface area contributed by atoms with Crippen LogP contribution in [0.15, 0.2) is 65.9 Å². The molecule has 0 aliphatic carbocycles. The first kappa shape index (κ1) is 24.3. The van der Waals surface area contributed by atoms with Crippen LogP contribution in [0, 0.1) is 24.2 Å². The summed E-state index contributed by atoms with van der Waals surface area (Å²) in [5.41, 5.74) is 5.23. The van der Waals surface area contributed by atoms with Crippen LogP contribution in [0.4, 0.5) is 5.69 Å². The Balaban J connectivity index is 2.36. The molecule has 1 atom stereocenters. The van der Waals surface area contributed by atoms with Gasteiger partial charge in [0.25, 0.3) is 0 Å². The predicted octanol–water partition coefficient (Wildman–Crippen LogP) is 6.60. The minimum absolute atomic E-state index is 0.0896. The van der Waals surface area contributed by atoms with Gasteiger partial charge in [-0.1, -0.05) is 62.2 Å². The third-order valence-electron chi connectivity index (χ3n) is 5.17. The molecule has 0 bridgehead atoms. The number of nitriles is 1. The molecule has 2 rings (SSSR count). The molecule has 0 amide bonds. The molecule has 2 aromatic carbocycles. The maximum atomic E-state index is 12.0. The largest absolute Gasteiger partial charge is 0.478 e. The lowest BCUT2D eigenvalue weighted by molar-refractivity contribution is -0.132. The SMILES string of the molecule is CCC/C=C(/C(=C\Nc1ccc(-c2ccc(C)cc2)c(C#N)c1)C(=O)O)C(C)CCS. The number of hydrogen-bond acceptors (Lipinski definition) is 4. The summed E-state index contributed by atoms with van der Waals surface area (Å²) in [6.45, 7) is 6.12. The number of aryl methyl sites for hydroxylation is 1. The number of unbranched alkanes of at least 4 members (excludes halogenated alkanes) is 1. The molecule has 0 aromatic heterocycles. The molecule has 0 spiro atoms. The average Bonchev–Trinajstić information content (AvgIpc) is 2.76. The number of nitrogens with zero attached hydrogens (tertiary/aromatic N) is 1. The van der Waals surface area contributed by atoms with Crippen LogP contribution < -0.4 is 5.32 Å². The van der Waals surface area contributed by atoms with Crippen LogP contribution in [-0.2, 0) is 4.79 Å². The molecule has 0 aliphatic heterocycles. The van der Waals surface area contributed by atoms with Gasteiger partial charge in [-0.3, -0.25) is 0 Å². The molecule has 5 heteroatoms. The summed E-state index contributed by atoms with van der Waals surface area (Å²) in [5, 5.41) is 22.6. The number of allylic oxidation sites excluding steroid dienone is 1. The lowest BCUT2D eigenvalue weighted by Gasteiger charge is -2.17. The highest BCUT2D eigenvalue weighted by Crippen LogP contribution is 2.28. The van der Waals surface area contributed by atoms with Crippen molar-refractivity contribution < 1.29 is 9.90 Å². The van der Waals surface area contributed by atoms with E-state index in [0.717, 1.165) is 41.5 Å². The van der Waals surface area contributed by atoms with Gasteiger partial charge in [-0.2, -0.15) is 17.9 Å². The number of carboxylic acids is 1. The molecule has 4 nitrogen and oxygen atoms in total. The molecule has 162 valence electrons. The van der Waals surface area contributed by atoms with E-state index in [1.54, 1.807) is 6.07 Å². The van der Waals surface area contributed by atoms with E-state index in [1.807, 2.05) is 56.3 Å². The fourth-order valence-electron chi connectivity index (χ4n) is 3.36. The Kier molecular flexibility index (Phi) is 9.42. The van der Waals surface area contributed by atoms with Crippen LogP contribution in [0.25, 0.3) is 11.1 Å². The summed E-state index contributed by atoms with van der Waals surface area (Å²) < 4.78 is 0. The van der Waals surface area contributed by atoms with E-state index in [1.165, 1.54) is 6.20 Å². The number of carbonyl (C=O) groups is 1. The summed E-state index contributed by atoms with van der Waals surface area (Å²) in [6.07, 6.45) is 6.11. The molecule has 0 heterocycles. The number of thiol groups is 1. The Hall–Kier alpha value is -2.97. The molecule has 0 saturated carbocycles. The molecular formula is C26H30N2O2S. The fourth-order valence-corrected chi connectivity index (χ4v) is 3.75. The maximum Gasteiger partial charge on any atom is 0.337 e. The Labute approximate surface area is 190 Å². The highest BCUT2D eigenvalue weighted by atomic mass is 32.1. The van der Waals surface area contributed by atoms with E-state index >= 15 is 0 Å². The summed E-state index contributed by atoms with van der Waals surface area (Å²) >= 11 is 4.30. The Morgan fingerprint density at radius 1 is 1.26 bits per heavy atom. The normalized spacial score (nSPS) is 12.9. The highest BCUT2D eigenvalue weighted by molar-refractivity contribution is 7.80. The van der Waals surface area contributed by atoms with Crippen LogP contribution in [0.1, 0.15) is 44.2 Å². The molecule has 0 aliphatic rings. The van der Waals surface area contributed by atoms with Gasteiger partial charge in [0, 0.05) is 11.9 Å². The van der Waals surface area contributed by atoms with Gasteiger partial charge in [-0.15, -0.1) is 0 Å². The van der Waals surface area contributed by atoms with Crippen LogP contribution >= 0.6 is 12.6 Å². The Morgan fingerprint density at radius 2 is 1.97 bits per heavy atom. The third kappa shape index (κ3) is 6.77. The number of nitrogens with one attached hydrogen (secondary N) is 1. The van der Waals surface area contributed by atoms with E-state index in [-0.39, 0.29) is 11.5 Å². The van der Waals surface area contributed by atoms with Crippen molar-refractivity contribution in [2.75, 3.05) is 11.1 Å². The van der Waals surface area contributed by atoms with Crippen LogP contribution in [0.5, 0.6) is 0 Å². The van der Waals surface area contributed by atoms with Gasteiger partial charge in [-0.25, -0.2) is 4.79 Å². The first-order valence-corrected chi connectivity index (χ1v) is 11.2. The van der Waals surface area contributed by atoms with E-state index in [2.05, 4.69) is 30.9 Å². The highest BCUT2D eigenvalue weighted by Gasteiger charge is 2.19. The fraction of sp³-hybridized carbons (Fsp3) is 0.308. The Morgan fingerprint density at radius 3 is 2.55 bits per heavy atom. The summed E-state index contributed by atoms with van der Waals surface area (Å²) in [5.74, 6) is -0.193. The van der Waals surface area contributed by atoms with Crippen molar-refractivity contribution in [3.63, 3.8) is 0 Å². The monoisotopic (exact) mass is 434 g/mol. The number of carboxylic acid groups (broad SMARTS) is 1. The van der Waals surface area contributed by atoms with Crippen LogP contribution in [0.2, 0.25) is 0 Å². The van der Waals surface area contributed by atoms with E-state index in [4.69, 9.17) is 0 Å². The molecule has 0 radical (unpaired) electrons. The smallest absolute Gasteiger partial charge is 0.337 e. The molecule has 2 N–H and O–H groups in total. The quantitative estimate of drug-likeness (QED) is 0.224. The van der Waals surface area contributed by atoms with Crippen molar-refractivity contribution in [3.8, 4) is 17.2 Å². The standard InChI is InChI=1S/C26H30N2O2S/c1-4-5-6-23(19(3)13-14-31)25(26(29)30)17-28-22-11-12-24(21(15-22)16-27)20-9-7-18(2)8-10-20/h6-12,15,17,19,28,31H,4-5,13-14H2,1-3H3,(H,29,30)/b23-6+,25-17+. The van der Waals surface area contributed by atoms with Crippen molar-refractivity contribution in [2.45, 2.75) is 40.0 Å². The average molecular weight is 435 g/mol. The van der Waals surface area contributed by atoms with E-state index in [9.17, 15) is 15.2 Å². The van der Waals surface area contributed by atoms with Gasteiger partial charge in [0.05, 0.1) is 17.2 Å². The van der Waals surface area contributed by atoms with Crippen molar-refractivity contribution in [1.29, 1.82) is 5.26 Å². The van der Waals surface area contributed by atoms with Gasteiger partial charge in [-0.05, 0) is 60.3 Å². The third-order valence-corrected chi connectivity index (χ3v) is 5.43. The van der Waals surface area contributed by atoms with Crippen molar-refractivity contribution in [2.24, 2.45) is 5.92 Å². The van der Waals surface area contributed by atoms with Gasteiger partial charge in [0.15, 0.2) is 0 Å². The Bertz CT molecular complexity index is 1000. The predicted molar refractivity (Wildman–Crippen MR) is 131 cm³/mol. The van der Waals surface area contributed by atoms with E-state index in [0.29, 0.717) is 17.0 Å². The molecule has 1 unspecified atom stereocenters. The lowest BCUT2D eigenvalue weighted by Crippen LogP contribution is -2.12. The second-order valence-electron chi connectivity index (χ2n) is 7.61. The van der Waals surface area contributed by atoms with Crippen LogP contribution in [0.3, 0.4) is 0 Å². The maximum absolute atomic E-state index is 12.0. The number of rotatable bonds is 10. The molecule has 2 aromatic rings. The summed E-state index contributed by atoms with van der Waals surface area (Å²) in [6, 6.07) is 15.8. The number of aliphatic carboxylic acids is 1. The zero-order chi connectivity index (χ0) is 22.8. The summed E-state index contributed by atoms with van der Waals surface area (Å²) in [4.78, 5) is 12.0. The first-order valence-electron chi connectivity index (χ1n) is 10.5. The summed E-state index contributed by atoms with van der Waals surface area (Å²) in [7, 11) is 0. The van der Waals surface area contributed by atoms with Gasteiger partial charge in [0.1, 0.15) is 0 Å². The molecule has 0 saturated heterocycles. The van der Waals surface area contributed by atoms with Crippen molar-refractivity contribution >= 4 is 24.3 Å².